The summed E-state index contributed by atoms with van der Waals surface area (Å²) in [6, 6.07) is 3.79. The second-order valence-corrected chi connectivity index (χ2v) is 2.46. The Kier molecular flexibility index (Phi) is 1.14. The van der Waals surface area contributed by atoms with Crippen LogP contribution in [0.15, 0.2) is 24.5 Å². The Bertz CT molecular complexity index is 353. The summed E-state index contributed by atoms with van der Waals surface area (Å²) in [6.07, 6.45) is 3.58. The fourth-order valence-electron chi connectivity index (χ4n) is 0.924. The van der Waals surface area contributed by atoms with Gasteiger partial charge in [-0.05, 0) is 12.1 Å². The Hall–Kier alpha value is -1.02. The third-order valence-electron chi connectivity index (χ3n) is 1.40. The Morgan fingerprint density at radius 2 is 2.40 bits per heavy atom. The zero-order chi connectivity index (χ0) is 6.97. The summed E-state index contributed by atoms with van der Waals surface area (Å²) in [5.41, 5.74) is 1.02. The standard InChI is InChI=1S/C7H5ClN2/c8-7-3-5-1-2-9-6(5)4-10-7/h1-4,9H. The van der Waals surface area contributed by atoms with Crippen molar-refractivity contribution in [1.82, 2.24) is 9.97 Å². The topological polar surface area (TPSA) is 28.7 Å². The minimum Gasteiger partial charge on any atom is -0.360 e. The van der Waals surface area contributed by atoms with Gasteiger partial charge in [0.1, 0.15) is 5.15 Å². The van der Waals surface area contributed by atoms with E-state index < -0.39 is 0 Å². The van der Waals surface area contributed by atoms with Gasteiger partial charge in [0, 0.05) is 11.6 Å². The van der Waals surface area contributed by atoms with Crippen molar-refractivity contribution in [3.05, 3.63) is 29.7 Å². The zero-order valence-corrected chi connectivity index (χ0v) is 5.89. The maximum Gasteiger partial charge on any atom is 0.129 e. The lowest BCUT2D eigenvalue weighted by atomic mass is 10.3. The fourth-order valence-corrected chi connectivity index (χ4v) is 1.09. The van der Waals surface area contributed by atoms with Crippen LogP contribution in [0.5, 0.6) is 0 Å². The van der Waals surface area contributed by atoms with Gasteiger partial charge in [0.2, 0.25) is 0 Å². The van der Waals surface area contributed by atoms with Crippen LogP contribution in [0.4, 0.5) is 0 Å². The molecule has 10 heavy (non-hydrogen) atoms. The highest BCUT2D eigenvalue weighted by molar-refractivity contribution is 6.30. The third-order valence-corrected chi connectivity index (χ3v) is 1.61. The summed E-state index contributed by atoms with van der Waals surface area (Å²) in [5, 5.41) is 1.63. The average Bonchev–Trinajstić information content (AvgIpc) is 2.33. The molecule has 0 amide bonds. The van der Waals surface area contributed by atoms with E-state index in [0.717, 1.165) is 10.9 Å². The molecule has 0 radical (unpaired) electrons. The van der Waals surface area contributed by atoms with E-state index in [0.29, 0.717) is 5.15 Å². The summed E-state index contributed by atoms with van der Waals surface area (Å²) in [6.45, 7) is 0. The molecule has 0 unspecified atom stereocenters. The summed E-state index contributed by atoms with van der Waals surface area (Å²) in [4.78, 5) is 6.94. The second-order valence-electron chi connectivity index (χ2n) is 2.07. The van der Waals surface area contributed by atoms with Gasteiger partial charge in [-0.25, -0.2) is 4.98 Å². The van der Waals surface area contributed by atoms with Crippen molar-refractivity contribution in [3.63, 3.8) is 0 Å². The molecule has 0 saturated carbocycles. The number of nitrogens with one attached hydrogen (secondary N) is 1. The molecule has 0 spiro atoms. The molecule has 0 aromatic carbocycles. The van der Waals surface area contributed by atoms with Crippen molar-refractivity contribution >= 4 is 22.5 Å². The van der Waals surface area contributed by atoms with E-state index in [1.165, 1.54) is 0 Å². The lowest BCUT2D eigenvalue weighted by Crippen LogP contribution is -1.72. The second kappa shape index (κ2) is 1.99. The van der Waals surface area contributed by atoms with E-state index in [1.54, 1.807) is 6.20 Å². The largest absolute Gasteiger partial charge is 0.360 e. The molecule has 0 aliphatic rings. The van der Waals surface area contributed by atoms with Crippen LogP contribution in [0.1, 0.15) is 0 Å². The SMILES string of the molecule is Clc1cc2cc[nH]c2cn1. The molecule has 2 aromatic rings. The molecular formula is C7H5ClN2. The highest BCUT2D eigenvalue weighted by Gasteiger charge is 1.93. The molecule has 2 aromatic heterocycles. The van der Waals surface area contributed by atoms with Crippen LogP contribution >= 0.6 is 11.6 Å². The van der Waals surface area contributed by atoms with Gasteiger partial charge in [0.25, 0.3) is 0 Å². The Labute approximate surface area is 62.8 Å². The smallest absolute Gasteiger partial charge is 0.129 e. The first kappa shape index (κ1) is 5.74. The molecule has 3 heteroatoms. The van der Waals surface area contributed by atoms with Gasteiger partial charge in [-0.1, -0.05) is 11.6 Å². The predicted octanol–water partition coefficient (Wildman–Crippen LogP) is 2.22. The van der Waals surface area contributed by atoms with Crippen molar-refractivity contribution in [3.8, 4) is 0 Å². The first-order chi connectivity index (χ1) is 4.86. The molecule has 0 bridgehead atoms. The predicted molar refractivity (Wildman–Crippen MR) is 41.1 cm³/mol. The van der Waals surface area contributed by atoms with Crippen LogP contribution < -0.4 is 0 Å². The quantitative estimate of drug-likeness (QED) is 0.577. The normalized spacial score (nSPS) is 10.5. The van der Waals surface area contributed by atoms with Crippen LogP contribution in [-0.4, -0.2) is 9.97 Å². The van der Waals surface area contributed by atoms with Crippen molar-refractivity contribution in [1.29, 1.82) is 0 Å². The van der Waals surface area contributed by atoms with Crippen LogP contribution in [0, 0.1) is 0 Å². The van der Waals surface area contributed by atoms with E-state index in [4.69, 9.17) is 11.6 Å². The molecule has 2 rings (SSSR count). The van der Waals surface area contributed by atoms with Crippen molar-refractivity contribution in [2.24, 2.45) is 0 Å². The minimum absolute atomic E-state index is 0.534. The first-order valence-corrected chi connectivity index (χ1v) is 3.33. The van der Waals surface area contributed by atoms with Crippen LogP contribution in [0.25, 0.3) is 10.9 Å². The van der Waals surface area contributed by atoms with Gasteiger partial charge < -0.3 is 4.98 Å². The number of nitrogens with zero attached hydrogens (tertiary/aromatic N) is 1. The molecule has 2 nitrogen and oxygen atoms in total. The number of aromatic amines is 1. The molecule has 0 saturated heterocycles. The molecule has 0 aliphatic carbocycles. The highest BCUT2D eigenvalue weighted by Crippen LogP contribution is 2.14. The van der Waals surface area contributed by atoms with Crippen LogP contribution in [0.2, 0.25) is 5.15 Å². The Morgan fingerprint density at radius 3 is 3.30 bits per heavy atom. The van der Waals surface area contributed by atoms with Gasteiger partial charge in [0.05, 0.1) is 11.7 Å². The van der Waals surface area contributed by atoms with E-state index in [1.807, 2.05) is 18.3 Å². The summed E-state index contributed by atoms with van der Waals surface area (Å²) < 4.78 is 0. The highest BCUT2D eigenvalue weighted by atomic mass is 35.5. The number of fused-ring (bicyclic) bond motifs is 1. The molecular weight excluding hydrogens is 148 g/mol. The van der Waals surface area contributed by atoms with Crippen molar-refractivity contribution in [2.75, 3.05) is 0 Å². The fraction of sp³-hybridized carbons (Fsp3) is 0. The van der Waals surface area contributed by atoms with Crippen molar-refractivity contribution < 1.29 is 0 Å². The molecule has 50 valence electrons. The number of hydrogen-bond acceptors (Lipinski definition) is 1. The number of hydrogen-bond donors (Lipinski definition) is 1. The lowest BCUT2D eigenvalue weighted by Gasteiger charge is -1.87. The van der Waals surface area contributed by atoms with E-state index in [-0.39, 0.29) is 0 Å². The monoisotopic (exact) mass is 152 g/mol. The van der Waals surface area contributed by atoms with E-state index in [2.05, 4.69) is 9.97 Å². The maximum atomic E-state index is 5.65. The number of H-pyrrole nitrogens is 1. The minimum atomic E-state index is 0.534. The van der Waals surface area contributed by atoms with Crippen LogP contribution in [0.3, 0.4) is 0 Å². The maximum absolute atomic E-state index is 5.65. The Morgan fingerprint density at radius 1 is 1.50 bits per heavy atom. The summed E-state index contributed by atoms with van der Waals surface area (Å²) in [5.74, 6) is 0. The number of pyridine rings is 1. The van der Waals surface area contributed by atoms with Gasteiger partial charge in [-0.15, -0.1) is 0 Å². The van der Waals surface area contributed by atoms with E-state index >= 15 is 0 Å². The first-order valence-electron chi connectivity index (χ1n) is 2.95. The molecule has 0 fully saturated rings. The number of halogens is 1. The van der Waals surface area contributed by atoms with E-state index in [9.17, 15) is 0 Å². The summed E-state index contributed by atoms with van der Waals surface area (Å²) >= 11 is 5.65. The average molecular weight is 153 g/mol. The van der Waals surface area contributed by atoms with Gasteiger partial charge in [-0.3, -0.25) is 0 Å². The number of aromatic nitrogens is 2. The molecule has 0 aliphatic heterocycles. The third kappa shape index (κ3) is 0.772. The zero-order valence-electron chi connectivity index (χ0n) is 5.13. The van der Waals surface area contributed by atoms with Crippen molar-refractivity contribution in [2.45, 2.75) is 0 Å². The summed E-state index contributed by atoms with van der Waals surface area (Å²) in [7, 11) is 0. The molecule has 1 N–H and O–H groups in total. The van der Waals surface area contributed by atoms with Crippen LogP contribution in [-0.2, 0) is 0 Å². The molecule has 2 heterocycles. The van der Waals surface area contributed by atoms with Gasteiger partial charge in [0.15, 0.2) is 0 Å². The van der Waals surface area contributed by atoms with Gasteiger partial charge >= 0.3 is 0 Å². The lowest BCUT2D eigenvalue weighted by molar-refractivity contribution is 1.34. The number of rotatable bonds is 0. The Balaban J connectivity index is 2.86. The molecule has 0 atom stereocenters. The van der Waals surface area contributed by atoms with Gasteiger partial charge in [-0.2, -0.15) is 0 Å².